The van der Waals surface area contributed by atoms with Crippen molar-refractivity contribution in [3.05, 3.63) is 70.6 Å². The second-order valence-electron chi connectivity index (χ2n) is 5.14. The first-order chi connectivity index (χ1) is 9.33. The minimum atomic E-state index is 0.471. The van der Waals surface area contributed by atoms with Crippen molar-refractivity contribution in [2.24, 2.45) is 0 Å². The molecule has 1 heteroatoms. The maximum Gasteiger partial charge on any atom is 0.0448 e. The van der Waals surface area contributed by atoms with Gasteiger partial charge in [0, 0.05) is 18.8 Å². The van der Waals surface area contributed by atoms with Crippen molar-refractivity contribution in [3.63, 3.8) is 0 Å². The lowest BCUT2D eigenvalue weighted by Crippen LogP contribution is -2.40. The molecule has 0 radical (unpaired) electrons. The average Bonchev–Trinajstić information content (AvgIpc) is 2.46. The molecule has 19 heavy (non-hydrogen) atoms. The fourth-order valence-corrected chi connectivity index (χ4v) is 2.60. The summed E-state index contributed by atoms with van der Waals surface area (Å²) >= 11 is 0. The minimum Gasteiger partial charge on any atom is -0.370 e. The maximum atomic E-state index is 2.43. The van der Waals surface area contributed by atoms with Crippen molar-refractivity contribution in [2.45, 2.75) is 19.4 Å². The third-order valence-electron chi connectivity index (χ3n) is 3.75. The molecule has 1 aliphatic rings. The van der Waals surface area contributed by atoms with Gasteiger partial charge < -0.3 is 4.90 Å². The minimum absolute atomic E-state index is 0.471. The molecule has 0 N–H and O–H groups in total. The lowest BCUT2D eigenvalue weighted by atomic mass is 10.1. The maximum absolute atomic E-state index is 2.43. The first kappa shape index (κ1) is 12.0. The summed E-state index contributed by atoms with van der Waals surface area (Å²) in [4.78, 5) is 2.43. The normalized spacial score (nSPS) is 17.3. The van der Waals surface area contributed by atoms with Gasteiger partial charge in [0.05, 0.1) is 0 Å². The van der Waals surface area contributed by atoms with E-state index in [0.29, 0.717) is 6.04 Å². The van der Waals surface area contributed by atoms with Gasteiger partial charge in [0.2, 0.25) is 0 Å². The number of rotatable bonds is 3. The second-order valence-corrected chi connectivity index (χ2v) is 5.14. The quantitative estimate of drug-likeness (QED) is 0.805. The van der Waals surface area contributed by atoms with E-state index in [9.17, 15) is 0 Å². The van der Waals surface area contributed by atoms with Crippen LogP contribution in [0, 0.1) is 0 Å². The number of benzene rings is 2. The molecule has 2 aromatic carbocycles. The monoisotopic (exact) mass is 249 g/mol. The van der Waals surface area contributed by atoms with Gasteiger partial charge in [-0.25, -0.2) is 0 Å². The smallest absolute Gasteiger partial charge is 0.0448 e. The Morgan fingerprint density at radius 1 is 0.895 bits per heavy atom. The van der Waals surface area contributed by atoms with Gasteiger partial charge >= 0.3 is 0 Å². The van der Waals surface area contributed by atoms with Crippen molar-refractivity contribution in [3.8, 4) is 0 Å². The summed E-state index contributed by atoms with van der Waals surface area (Å²) in [6, 6.07) is 19.8. The Morgan fingerprint density at radius 2 is 1.58 bits per heavy atom. The second kappa shape index (κ2) is 5.31. The topological polar surface area (TPSA) is 3.24 Å². The van der Waals surface area contributed by atoms with Gasteiger partial charge in [-0.1, -0.05) is 60.7 Å². The van der Waals surface area contributed by atoms with Crippen LogP contribution in [0.5, 0.6) is 0 Å². The van der Waals surface area contributed by atoms with Crippen LogP contribution in [0.1, 0.15) is 12.5 Å². The van der Waals surface area contributed by atoms with Crippen molar-refractivity contribution in [2.75, 3.05) is 6.54 Å². The summed E-state index contributed by atoms with van der Waals surface area (Å²) in [5.41, 5.74) is 1.40. The van der Waals surface area contributed by atoms with Crippen LogP contribution in [0.3, 0.4) is 0 Å². The Kier molecular flexibility index (Phi) is 3.37. The van der Waals surface area contributed by atoms with Gasteiger partial charge in [0.25, 0.3) is 0 Å². The standard InChI is InChI=1S/C18H19N/c1-15-13-17-9-5-6-10-18(17)14-19(15)12-11-16-7-3-2-4-8-16/h2-10,13-15H,11-12H2,1H3. The Morgan fingerprint density at radius 3 is 2.37 bits per heavy atom. The fourth-order valence-electron chi connectivity index (χ4n) is 2.60. The third kappa shape index (κ3) is 2.70. The van der Waals surface area contributed by atoms with E-state index >= 15 is 0 Å². The van der Waals surface area contributed by atoms with Gasteiger partial charge in [-0.05, 0) is 29.3 Å². The summed E-state index contributed by atoms with van der Waals surface area (Å²) in [6.07, 6.45) is 5.74. The molecule has 1 nitrogen and oxygen atoms in total. The van der Waals surface area contributed by atoms with E-state index in [0.717, 1.165) is 13.0 Å². The zero-order valence-corrected chi connectivity index (χ0v) is 11.3. The molecule has 0 saturated heterocycles. The van der Waals surface area contributed by atoms with Crippen LogP contribution < -0.4 is 10.4 Å². The molecule has 0 aliphatic carbocycles. The number of fused-ring (bicyclic) bond motifs is 1. The molecule has 2 aromatic rings. The molecule has 0 aromatic heterocycles. The van der Waals surface area contributed by atoms with E-state index in [2.05, 4.69) is 78.7 Å². The van der Waals surface area contributed by atoms with E-state index in [-0.39, 0.29) is 0 Å². The largest absolute Gasteiger partial charge is 0.370 e. The van der Waals surface area contributed by atoms with Gasteiger partial charge in [-0.15, -0.1) is 0 Å². The molecule has 0 spiro atoms. The fraction of sp³-hybridized carbons (Fsp3) is 0.222. The van der Waals surface area contributed by atoms with Crippen molar-refractivity contribution < 1.29 is 0 Å². The van der Waals surface area contributed by atoms with Gasteiger partial charge in [0.1, 0.15) is 0 Å². The number of hydrogen-bond donors (Lipinski definition) is 0. The summed E-state index contributed by atoms with van der Waals surface area (Å²) in [7, 11) is 0. The SMILES string of the molecule is CC1C=c2ccccc2=CN1CCc1ccccc1. The highest BCUT2D eigenvalue weighted by molar-refractivity contribution is 5.41. The molecular weight excluding hydrogens is 230 g/mol. The molecular formula is C18H19N. The van der Waals surface area contributed by atoms with E-state index in [1.165, 1.54) is 16.0 Å². The average molecular weight is 249 g/mol. The van der Waals surface area contributed by atoms with Crippen molar-refractivity contribution >= 4 is 12.3 Å². The summed E-state index contributed by atoms with van der Waals surface area (Å²) in [6.45, 7) is 3.33. The predicted molar refractivity (Wildman–Crippen MR) is 80.9 cm³/mol. The van der Waals surface area contributed by atoms with Gasteiger partial charge in [0.15, 0.2) is 0 Å². The lowest BCUT2D eigenvalue weighted by molar-refractivity contribution is 0.383. The molecule has 0 bridgehead atoms. The number of nitrogens with zero attached hydrogens (tertiary/aromatic N) is 1. The van der Waals surface area contributed by atoms with Crippen LogP contribution >= 0.6 is 0 Å². The Bertz CT molecular complexity index is 658. The molecule has 1 atom stereocenters. The van der Waals surface area contributed by atoms with Gasteiger partial charge in [-0.3, -0.25) is 0 Å². The van der Waals surface area contributed by atoms with E-state index in [1.807, 2.05) is 0 Å². The molecule has 0 fully saturated rings. The molecule has 0 saturated carbocycles. The highest BCUT2D eigenvalue weighted by Gasteiger charge is 2.10. The molecule has 96 valence electrons. The van der Waals surface area contributed by atoms with Crippen LogP contribution in [0.4, 0.5) is 0 Å². The number of hydrogen-bond acceptors (Lipinski definition) is 1. The van der Waals surface area contributed by atoms with Crippen LogP contribution in [-0.2, 0) is 6.42 Å². The van der Waals surface area contributed by atoms with Gasteiger partial charge in [-0.2, -0.15) is 0 Å². The summed E-state index contributed by atoms with van der Waals surface area (Å²) < 4.78 is 0. The van der Waals surface area contributed by atoms with E-state index in [1.54, 1.807) is 0 Å². The van der Waals surface area contributed by atoms with Crippen LogP contribution in [0.2, 0.25) is 0 Å². The first-order valence-corrected chi connectivity index (χ1v) is 6.91. The predicted octanol–water partition coefficient (Wildman–Crippen LogP) is 2.15. The molecule has 0 amide bonds. The first-order valence-electron chi connectivity index (χ1n) is 6.91. The van der Waals surface area contributed by atoms with E-state index in [4.69, 9.17) is 0 Å². The molecule has 3 rings (SSSR count). The van der Waals surface area contributed by atoms with E-state index < -0.39 is 0 Å². The Labute approximate surface area is 114 Å². The summed E-state index contributed by atoms with van der Waals surface area (Å²) in [5.74, 6) is 0. The highest BCUT2D eigenvalue weighted by atomic mass is 15.1. The molecule has 1 unspecified atom stereocenters. The lowest BCUT2D eigenvalue weighted by Gasteiger charge is -2.28. The summed E-state index contributed by atoms with van der Waals surface area (Å²) in [5, 5.41) is 2.68. The Balaban J connectivity index is 1.78. The van der Waals surface area contributed by atoms with Crippen molar-refractivity contribution in [1.29, 1.82) is 0 Å². The Hall–Kier alpha value is -2.02. The van der Waals surface area contributed by atoms with Crippen LogP contribution in [0.15, 0.2) is 54.6 Å². The van der Waals surface area contributed by atoms with Crippen molar-refractivity contribution in [1.82, 2.24) is 4.90 Å². The molecule has 1 heterocycles. The zero-order valence-electron chi connectivity index (χ0n) is 11.3. The van der Waals surface area contributed by atoms with Crippen LogP contribution in [0.25, 0.3) is 12.3 Å². The third-order valence-corrected chi connectivity index (χ3v) is 3.75. The van der Waals surface area contributed by atoms with Crippen LogP contribution in [-0.4, -0.2) is 17.5 Å². The molecule has 1 aliphatic heterocycles. The highest BCUT2D eigenvalue weighted by Crippen LogP contribution is 2.07. The zero-order chi connectivity index (χ0) is 13.1.